The molecule has 1 aromatic carbocycles. The molecule has 30 heavy (non-hydrogen) atoms. The first kappa shape index (κ1) is 21.7. The molecule has 0 saturated heterocycles. The smallest absolute Gasteiger partial charge is 0.256 e. The Balaban J connectivity index is 1.80. The quantitative estimate of drug-likeness (QED) is 0.499. The van der Waals surface area contributed by atoms with Crippen LogP contribution in [0.25, 0.3) is 11.6 Å². The molecule has 3 rings (SSSR count). The second-order valence-electron chi connectivity index (χ2n) is 7.28. The number of aryl methyl sites for hydroxylation is 1. The normalized spacial score (nSPS) is 14.3. The molecule has 8 heteroatoms. The fraction of sp³-hybridized carbons (Fsp3) is 0.364. The summed E-state index contributed by atoms with van der Waals surface area (Å²) in [4.78, 5) is 30.3. The number of nitrogens with zero attached hydrogens (tertiary/aromatic N) is 1. The van der Waals surface area contributed by atoms with Crippen LogP contribution in [0.3, 0.4) is 0 Å². The van der Waals surface area contributed by atoms with E-state index in [1.54, 1.807) is 13.0 Å². The highest BCUT2D eigenvalue weighted by atomic mass is 19.1. The van der Waals surface area contributed by atoms with Crippen LogP contribution < -0.4 is 10.6 Å². The summed E-state index contributed by atoms with van der Waals surface area (Å²) in [5, 5.41) is 14.7. The topological polar surface area (TPSA) is 97.5 Å². The van der Waals surface area contributed by atoms with Crippen molar-refractivity contribution in [1.29, 1.82) is 0 Å². The molecule has 160 valence electrons. The Morgan fingerprint density at radius 3 is 2.77 bits per heavy atom. The molecule has 1 aromatic heterocycles. The fourth-order valence-electron chi connectivity index (χ4n) is 3.69. The van der Waals surface area contributed by atoms with E-state index in [2.05, 4.69) is 15.6 Å². The third-order valence-corrected chi connectivity index (χ3v) is 5.33. The van der Waals surface area contributed by atoms with Crippen LogP contribution in [0.5, 0.6) is 0 Å². The van der Waals surface area contributed by atoms with Gasteiger partial charge in [-0.1, -0.05) is 6.92 Å². The summed E-state index contributed by atoms with van der Waals surface area (Å²) < 4.78 is 13.7. The number of halogens is 1. The maximum absolute atomic E-state index is 13.7. The van der Waals surface area contributed by atoms with Gasteiger partial charge in [0.05, 0.1) is 17.7 Å². The molecule has 2 aromatic rings. The lowest BCUT2D eigenvalue weighted by atomic mass is 10.0. The lowest BCUT2D eigenvalue weighted by Crippen LogP contribution is -2.36. The number of amides is 2. The molecule has 0 bridgehead atoms. The van der Waals surface area contributed by atoms with E-state index in [4.69, 9.17) is 5.11 Å². The monoisotopic (exact) mass is 414 g/mol. The maximum Gasteiger partial charge on any atom is 0.256 e. The van der Waals surface area contributed by atoms with Crippen molar-refractivity contribution in [3.8, 4) is 0 Å². The first-order valence-electron chi connectivity index (χ1n) is 9.99. The number of hydrogen-bond donors (Lipinski definition) is 4. The highest BCUT2D eigenvalue weighted by molar-refractivity contribution is 6.34. The minimum Gasteiger partial charge on any atom is -0.395 e. The second kappa shape index (κ2) is 9.23. The number of carbonyl (C=O) groups excluding carboxylic acids is 2. The van der Waals surface area contributed by atoms with E-state index in [9.17, 15) is 14.0 Å². The van der Waals surface area contributed by atoms with Crippen molar-refractivity contribution in [2.24, 2.45) is 0 Å². The maximum atomic E-state index is 13.7. The highest BCUT2D eigenvalue weighted by Gasteiger charge is 2.26. The van der Waals surface area contributed by atoms with Crippen LogP contribution in [0.1, 0.15) is 39.8 Å². The van der Waals surface area contributed by atoms with E-state index in [1.807, 2.05) is 18.7 Å². The van der Waals surface area contributed by atoms with Gasteiger partial charge in [-0.15, -0.1) is 0 Å². The highest BCUT2D eigenvalue weighted by Crippen LogP contribution is 2.34. The molecule has 0 radical (unpaired) electrons. The lowest BCUT2D eigenvalue weighted by molar-refractivity contribution is -0.110. The predicted molar refractivity (Wildman–Crippen MR) is 115 cm³/mol. The number of fused-ring (bicyclic) bond motifs is 1. The molecule has 1 aliphatic heterocycles. The Morgan fingerprint density at radius 2 is 2.07 bits per heavy atom. The lowest BCUT2D eigenvalue weighted by Gasteiger charge is -2.19. The van der Waals surface area contributed by atoms with Gasteiger partial charge in [0.2, 0.25) is 0 Å². The van der Waals surface area contributed by atoms with Crippen molar-refractivity contribution in [3.63, 3.8) is 0 Å². The van der Waals surface area contributed by atoms with Crippen LogP contribution >= 0.6 is 0 Å². The number of likely N-dealkylation sites (N-methyl/N-ethyl adjacent to an activating group) is 1. The third-order valence-electron chi connectivity index (χ3n) is 5.33. The molecular formula is C22H27FN4O3. The standard InChI is InChI=1S/C22H27FN4O3/c1-4-27(9-10-28)8-7-24-22(30)20-13(2)19(25-14(20)3)12-17-16-11-15(23)5-6-18(16)26-21(17)29/h5-6,11-12,25,28H,4,7-10H2,1-3H3,(H,24,30)(H,26,29). The summed E-state index contributed by atoms with van der Waals surface area (Å²) in [6, 6.07) is 4.16. The van der Waals surface area contributed by atoms with Gasteiger partial charge in [0.1, 0.15) is 5.82 Å². The number of nitrogens with one attached hydrogen (secondary N) is 3. The molecule has 0 atom stereocenters. The predicted octanol–water partition coefficient (Wildman–Crippen LogP) is 2.31. The van der Waals surface area contributed by atoms with Gasteiger partial charge in [0.15, 0.2) is 0 Å². The molecule has 0 saturated carbocycles. The van der Waals surface area contributed by atoms with Gasteiger partial charge in [-0.05, 0) is 50.2 Å². The number of H-pyrrole nitrogens is 1. The fourth-order valence-corrected chi connectivity index (χ4v) is 3.69. The average molecular weight is 414 g/mol. The van der Waals surface area contributed by atoms with Crippen molar-refractivity contribution in [3.05, 3.63) is 52.1 Å². The minimum absolute atomic E-state index is 0.0798. The van der Waals surface area contributed by atoms with Gasteiger partial charge in [0, 0.05) is 42.3 Å². The second-order valence-corrected chi connectivity index (χ2v) is 7.28. The number of aromatic amines is 1. The molecular weight excluding hydrogens is 387 g/mol. The zero-order valence-corrected chi connectivity index (χ0v) is 17.4. The zero-order chi connectivity index (χ0) is 21.8. The number of aliphatic hydroxyl groups is 1. The Morgan fingerprint density at radius 1 is 1.30 bits per heavy atom. The SMILES string of the molecule is CCN(CCO)CCNC(=O)c1c(C)[nH]c(C=C2C(=O)Nc3ccc(F)cc32)c1C. The first-order valence-corrected chi connectivity index (χ1v) is 9.99. The Labute approximate surface area is 175 Å². The van der Waals surface area contributed by atoms with Crippen molar-refractivity contribution < 1.29 is 19.1 Å². The Kier molecular flexibility index (Phi) is 6.69. The van der Waals surface area contributed by atoms with Crippen LogP contribution in [0, 0.1) is 19.7 Å². The van der Waals surface area contributed by atoms with E-state index in [0.29, 0.717) is 53.4 Å². The summed E-state index contributed by atoms with van der Waals surface area (Å²) in [6.07, 6.45) is 1.65. The van der Waals surface area contributed by atoms with Crippen molar-refractivity contribution >= 4 is 29.2 Å². The molecule has 0 fully saturated rings. The molecule has 2 amide bonds. The van der Waals surface area contributed by atoms with Crippen LogP contribution in [-0.4, -0.2) is 59.6 Å². The van der Waals surface area contributed by atoms with Crippen LogP contribution in [-0.2, 0) is 4.79 Å². The van der Waals surface area contributed by atoms with Gasteiger partial charge in [-0.2, -0.15) is 0 Å². The van der Waals surface area contributed by atoms with E-state index < -0.39 is 5.82 Å². The molecule has 1 aliphatic rings. The molecule has 7 nitrogen and oxygen atoms in total. The van der Waals surface area contributed by atoms with E-state index in [0.717, 1.165) is 12.1 Å². The van der Waals surface area contributed by atoms with Crippen molar-refractivity contribution in [1.82, 2.24) is 15.2 Å². The molecule has 2 heterocycles. The van der Waals surface area contributed by atoms with Crippen LogP contribution in [0.4, 0.5) is 10.1 Å². The zero-order valence-electron chi connectivity index (χ0n) is 17.4. The van der Waals surface area contributed by atoms with Crippen molar-refractivity contribution in [2.45, 2.75) is 20.8 Å². The number of aromatic nitrogens is 1. The number of benzene rings is 1. The van der Waals surface area contributed by atoms with Gasteiger partial charge < -0.3 is 20.7 Å². The van der Waals surface area contributed by atoms with Gasteiger partial charge in [-0.25, -0.2) is 4.39 Å². The molecule has 4 N–H and O–H groups in total. The first-order chi connectivity index (χ1) is 14.3. The summed E-state index contributed by atoms with van der Waals surface area (Å²) >= 11 is 0. The summed E-state index contributed by atoms with van der Waals surface area (Å²) in [5.74, 6) is -0.928. The number of rotatable bonds is 8. The molecule has 0 unspecified atom stereocenters. The Hall–Kier alpha value is -2.97. The van der Waals surface area contributed by atoms with Gasteiger partial charge >= 0.3 is 0 Å². The van der Waals surface area contributed by atoms with Crippen molar-refractivity contribution in [2.75, 3.05) is 38.1 Å². The van der Waals surface area contributed by atoms with E-state index >= 15 is 0 Å². The average Bonchev–Trinajstić information content (AvgIpc) is 3.16. The van der Waals surface area contributed by atoms with Crippen LogP contribution in [0.2, 0.25) is 0 Å². The van der Waals surface area contributed by atoms with E-state index in [-0.39, 0.29) is 18.4 Å². The Bertz CT molecular complexity index is 997. The van der Waals surface area contributed by atoms with Crippen LogP contribution in [0.15, 0.2) is 18.2 Å². The van der Waals surface area contributed by atoms with E-state index in [1.165, 1.54) is 18.2 Å². The molecule has 0 aliphatic carbocycles. The third kappa shape index (κ3) is 4.44. The molecule has 0 spiro atoms. The van der Waals surface area contributed by atoms with Gasteiger partial charge in [0.25, 0.3) is 11.8 Å². The number of hydrogen-bond acceptors (Lipinski definition) is 4. The largest absolute Gasteiger partial charge is 0.395 e. The summed E-state index contributed by atoms with van der Waals surface area (Å²) in [5.41, 5.74) is 4.00. The number of anilines is 1. The number of carbonyl (C=O) groups is 2. The summed E-state index contributed by atoms with van der Waals surface area (Å²) in [7, 11) is 0. The van der Waals surface area contributed by atoms with Gasteiger partial charge in [-0.3, -0.25) is 14.5 Å². The number of aliphatic hydroxyl groups excluding tert-OH is 1. The summed E-state index contributed by atoms with van der Waals surface area (Å²) in [6.45, 7) is 8.16. The minimum atomic E-state index is -0.419.